The quantitative estimate of drug-likeness (QED) is 0.490. The van der Waals surface area contributed by atoms with Gasteiger partial charge in [0, 0.05) is 10.4 Å². The number of nitrogens with zero attached hydrogens (tertiary/aromatic N) is 1. The van der Waals surface area contributed by atoms with Gasteiger partial charge < -0.3 is 0 Å². The number of carbonyl (C=O) groups excluding carboxylic acids is 1. The molecule has 2 aromatic rings. The summed E-state index contributed by atoms with van der Waals surface area (Å²) in [6.07, 6.45) is 4.45. The molecule has 1 saturated carbocycles. The van der Waals surface area contributed by atoms with E-state index in [1.807, 2.05) is 36.4 Å². The van der Waals surface area contributed by atoms with E-state index in [-0.39, 0.29) is 17.2 Å². The Balaban J connectivity index is 1.52. The summed E-state index contributed by atoms with van der Waals surface area (Å²) < 4.78 is 0.805. The van der Waals surface area contributed by atoms with Gasteiger partial charge in [0.25, 0.3) is 0 Å². The second-order valence-corrected chi connectivity index (χ2v) is 8.91. The van der Waals surface area contributed by atoms with Crippen molar-refractivity contribution in [2.45, 2.75) is 38.5 Å². The number of hydrogen-bond donors (Lipinski definition) is 1. The van der Waals surface area contributed by atoms with Gasteiger partial charge in [-0.15, -0.1) is 0 Å². The van der Waals surface area contributed by atoms with Crippen LogP contribution in [0.5, 0.6) is 0 Å². The standard InChI is InChI=1S/C23H25BrN2O/c1-23(2,3)18-11-9-17(10-12-18)20-14-21(20)22(27)26-25-15-19(24)13-16-7-5-4-6-8-16/h4-13,15,20-21H,14H2,1-3H3,(H,26,27)/b19-13-,25-15+/t20-,21+/m1/s1. The topological polar surface area (TPSA) is 41.5 Å². The van der Waals surface area contributed by atoms with Crippen molar-refractivity contribution in [2.24, 2.45) is 11.0 Å². The van der Waals surface area contributed by atoms with E-state index in [0.29, 0.717) is 5.92 Å². The Morgan fingerprint density at radius 2 is 1.78 bits per heavy atom. The van der Waals surface area contributed by atoms with Gasteiger partial charge >= 0.3 is 0 Å². The Kier molecular flexibility index (Phi) is 5.95. The highest BCUT2D eigenvalue weighted by Crippen LogP contribution is 2.47. The summed E-state index contributed by atoms with van der Waals surface area (Å²) in [6, 6.07) is 18.6. The second-order valence-electron chi connectivity index (χ2n) is 7.99. The van der Waals surface area contributed by atoms with Crippen LogP contribution < -0.4 is 5.43 Å². The number of nitrogens with one attached hydrogen (secondary N) is 1. The number of benzene rings is 2. The lowest BCUT2D eigenvalue weighted by Crippen LogP contribution is -2.20. The number of halogens is 1. The minimum absolute atomic E-state index is 0.0134. The molecule has 1 fully saturated rings. The van der Waals surface area contributed by atoms with Crippen molar-refractivity contribution in [1.29, 1.82) is 0 Å². The van der Waals surface area contributed by atoms with Gasteiger partial charge in [-0.2, -0.15) is 5.10 Å². The van der Waals surface area contributed by atoms with Gasteiger partial charge in [-0.25, -0.2) is 5.43 Å². The van der Waals surface area contributed by atoms with Crippen LogP contribution in [0, 0.1) is 5.92 Å². The first-order chi connectivity index (χ1) is 12.8. The molecule has 3 nitrogen and oxygen atoms in total. The van der Waals surface area contributed by atoms with E-state index >= 15 is 0 Å². The number of amides is 1. The largest absolute Gasteiger partial charge is 0.273 e. The number of carbonyl (C=O) groups is 1. The van der Waals surface area contributed by atoms with Gasteiger partial charge in [0.15, 0.2) is 0 Å². The Hall–Kier alpha value is -2.20. The fourth-order valence-electron chi connectivity index (χ4n) is 3.07. The third-order valence-electron chi connectivity index (χ3n) is 4.80. The summed E-state index contributed by atoms with van der Waals surface area (Å²) in [6.45, 7) is 6.62. The van der Waals surface area contributed by atoms with Gasteiger partial charge in [-0.05, 0) is 56.5 Å². The first kappa shape index (κ1) is 19.6. The summed E-state index contributed by atoms with van der Waals surface area (Å²) in [5, 5.41) is 4.06. The summed E-state index contributed by atoms with van der Waals surface area (Å²) in [7, 11) is 0. The highest BCUT2D eigenvalue weighted by molar-refractivity contribution is 9.12. The molecule has 140 valence electrons. The maximum Gasteiger partial charge on any atom is 0.243 e. The van der Waals surface area contributed by atoms with Crippen LogP contribution in [0.15, 0.2) is 64.2 Å². The maximum absolute atomic E-state index is 12.3. The monoisotopic (exact) mass is 424 g/mol. The van der Waals surface area contributed by atoms with Crippen molar-refractivity contribution in [3.63, 3.8) is 0 Å². The molecule has 0 aliphatic heterocycles. The summed E-state index contributed by atoms with van der Waals surface area (Å²) in [4.78, 5) is 12.3. The lowest BCUT2D eigenvalue weighted by Gasteiger charge is -2.19. The predicted octanol–water partition coefficient (Wildman–Crippen LogP) is 5.63. The molecule has 0 aromatic heterocycles. The number of allylic oxidation sites excluding steroid dienone is 1. The zero-order valence-electron chi connectivity index (χ0n) is 15.9. The van der Waals surface area contributed by atoms with E-state index in [0.717, 1.165) is 16.5 Å². The van der Waals surface area contributed by atoms with E-state index in [1.54, 1.807) is 6.21 Å². The van der Waals surface area contributed by atoms with Gasteiger partial charge in [-0.3, -0.25) is 4.79 Å². The molecule has 0 spiro atoms. The molecule has 0 radical (unpaired) electrons. The molecule has 3 rings (SSSR count). The average Bonchev–Trinajstić information content (AvgIpc) is 3.43. The number of hydrogen-bond acceptors (Lipinski definition) is 2. The van der Waals surface area contributed by atoms with Crippen LogP contribution in [0.1, 0.15) is 49.8 Å². The first-order valence-electron chi connectivity index (χ1n) is 9.20. The van der Waals surface area contributed by atoms with Crippen LogP contribution in [0.2, 0.25) is 0 Å². The molecule has 4 heteroatoms. The Labute approximate surface area is 169 Å². The Bertz CT molecular complexity index is 848. The minimum Gasteiger partial charge on any atom is -0.273 e. The summed E-state index contributed by atoms with van der Waals surface area (Å²) >= 11 is 3.45. The molecular weight excluding hydrogens is 400 g/mol. The van der Waals surface area contributed by atoms with Gasteiger partial charge in [-0.1, -0.05) is 75.4 Å². The van der Waals surface area contributed by atoms with Crippen LogP contribution in [-0.2, 0) is 10.2 Å². The molecule has 0 heterocycles. The third kappa shape index (κ3) is 5.39. The molecule has 2 aromatic carbocycles. The Morgan fingerprint density at radius 3 is 2.41 bits per heavy atom. The fourth-order valence-corrected chi connectivity index (χ4v) is 3.44. The van der Waals surface area contributed by atoms with Gasteiger partial charge in [0.2, 0.25) is 5.91 Å². The van der Waals surface area contributed by atoms with Crippen LogP contribution in [-0.4, -0.2) is 12.1 Å². The van der Waals surface area contributed by atoms with Crippen molar-refractivity contribution in [3.05, 3.63) is 75.8 Å². The minimum atomic E-state index is -0.0174. The zero-order valence-corrected chi connectivity index (χ0v) is 17.5. The van der Waals surface area contributed by atoms with Crippen LogP contribution in [0.4, 0.5) is 0 Å². The SMILES string of the molecule is CC(C)(C)c1ccc([C@H]2C[C@@H]2C(=O)N/N=C/C(Br)=C/c2ccccc2)cc1. The second kappa shape index (κ2) is 8.22. The highest BCUT2D eigenvalue weighted by atomic mass is 79.9. The van der Waals surface area contributed by atoms with Crippen molar-refractivity contribution in [1.82, 2.24) is 5.43 Å². The molecule has 1 aliphatic carbocycles. The predicted molar refractivity (Wildman–Crippen MR) is 116 cm³/mol. The van der Waals surface area contributed by atoms with Crippen molar-refractivity contribution in [2.75, 3.05) is 0 Å². The van der Waals surface area contributed by atoms with Crippen molar-refractivity contribution < 1.29 is 4.79 Å². The molecule has 2 atom stereocenters. The van der Waals surface area contributed by atoms with Crippen LogP contribution in [0.25, 0.3) is 6.08 Å². The summed E-state index contributed by atoms with van der Waals surface area (Å²) in [5.41, 5.74) is 6.42. The first-order valence-corrected chi connectivity index (χ1v) is 9.99. The molecule has 0 bridgehead atoms. The molecular formula is C23H25BrN2O. The molecule has 0 unspecified atom stereocenters. The lowest BCUT2D eigenvalue weighted by molar-refractivity contribution is -0.122. The lowest BCUT2D eigenvalue weighted by atomic mass is 9.86. The van der Waals surface area contributed by atoms with E-state index in [2.05, 4.69) is 71.5 Å². The van der Waals surface area contributed by atoms with Gasteiger partial charge in [0.1, 0.15) is 0 Å². The van der Waals surface area contributed by atoms with Crippen LogP contribution in [0.3, 0.4) is 0 Å². The van der Waals surface area contributed by atoms with Crippen molar-refractivity contribution >= 4 is 34.1 Å². The molecule has 1 N–H and O–H groups in total. The smallest absolute Gasteiger partial charge is 0.243 e. The van der Waals surface area contributed by atoms with Crippen molar-refractivity contribution in [3.8, 4) is 0 Å². The molecule has 0 saturated heterocycles. The van der Waals surface area contributed by atoms with Gasteiger partial charge in [0.05, 0.1) is 6.21 Å². The summed E-state index contributed by atoms with van der Waals surface area (Å²) in [5.74, 6) is 0.299. The molecule has 1 aliphatic rings. The van der Waals surface area contributed by atoms with E-state index in [9.17, 15) is 4.79 Å². The van der Waals surface area contributed by atoms with Crippen LogP contribution >= 0.6 is 15.9 Å². The maximum atomic E-state index is 12.3. The highest BCUT2D eigenvalue weighted by Gasteiger charge is 2.43. The van der Waals surface area contributed by atoms with E-state index in [4.69, 9.17) is 0 Å². The normalized spacial score (nSPS) is 19.9. The third-order valence-corrected chi connectivity index (χ3v) is 5.23. The Morgan fingerprint density at radius 1 is 1.11 bits per heavy atom. The average molecular weight is 425 g/mol. The zero-order chi connectivity index (χ0) is 19.4. The molecule has 1 amide bonds. The van der Waals surface area contributed by atoms with E-state index < -0.39 is 0 Å². The number of rotatable bonds is 5. The van der Waals surface area contributed by atoms with E-state index in [1.165, 1.54) is 11.1 Å². The fraction of sp³-hybridized carbons (Fsp3) is 0.304. The molecule has 27 heavy (non-hydrogen) atoms. The number of hydrazone groups is 1.